The Balaban J connectivity index is 1.86. The van der Waals surface area contributed by atoms with Crippen LogP contribution < -0.4 is 5.73 Å². The van der Waals surface area contributed by atoms with Gasteiger partial charge in [-0.25, -0.2) is 9.97 Å². The first-order valence-electron chi connectivity index (χ1n) is 7.68. The predicted octanol–water partition coefficient (Wildman–Crippen LogP) is 1.95. The SMILES string of the molecule is Cc1cc(C(C)(O)c2ccc3ncn(-c4ccnc(N)n4)c3c2)no1. The molecule has 0 aliphatic carbocycles. The second-order valence-electron chi connectivity index (χ2n) is 5.99. The molecule has 8 nitrogen and oxygen atoms in total. The Morgan fingerprint density at radius 2 is 2.04 bits per heavy atom. The quantitative estimate of drug-likeness (QED) is 0.587. The van der Waals surface area contributed by atoms with E-state index in [2.05, 4.69) is 20.1 Å². The van der Waals surface area contributed by atoms with Crippen LogP contribution in [0.25, 0.3) is 16.9 Å². The van der Waals surface area contributed by atoms with Crippen LogP contribution in [0.1, 0.15) is 23.9 Å². The molecule has 0 fully saturated rings. The largest absolute Gasteiger partial charge is 0.379 e. The summed E-state index contributed by atoms with van der Waals surface area (Å²) in [5.41, 5.74) is 7.04. The highest BCUT2D eigenvalue weighted by Crippen LogP contribution is 2.31. The van der Waals surface area contributed by atoms with Crippen LogP contribution in [0.3, 0.4) is 0 Å². The number of hydrogen-bond donors (Lipinski definition) is 2. The number of aromatic nitrogens is 5. The van der Waals surface area contributed by atoms with Crippen LogP contribution in [0.5, 0.6) is 0 Å². The van der Waals surface area contributed by atoms with Crippen molar-refractivity contribution in [2.45, 2.75) is 19.4 Å². The summed E-state index contributed by atoms with van der Waals surface area (Å²) in [4.78, 5) is 12.5. The highest BCUT2D eigenvalue weighted by molar-refractivity contribution is 5.78. The van der Waals surface area contributed by atoms with Crippen molar-refractivity contribution in [2.75, 3.05) is 5.73 Å². The lowest BCUT2D eigenvalue weighted by molar-refractivity contribution is 0.0933. The van der Waals surface area contributed by atoms with Gasteiger partial charge in [0.05, 0.1) is 11.0 Å². The van der Waals surface area contributed by atoms with E-state index < -0.39 is 5.60 Å². The average Bonchev–Trinajstić information content (AvgIpc) is 3.20. The first kappa shape index (κ1) is 15.3. The zero-order chi connectivity index (χ0) is 17.6. The smallest absolute Gasteiger partial charge is 0.221 e. The second-order valence-corrected chi connectivity index (χ2v) is 5.99. The van der Waals surface area contributed by atoms with Gasteiger partial charge in [-0.05, 0) is 37.6 Å². The van der Waals surface area contributed by atoms with Crippen LogP contribution in [-0.4, -0.2) is 29.8 Å². The zero-order valence-electron chi connectivity index (χ0n) is 13.7. The molecular formula is C17H16N6O2. The molecule has 4 rings (SSSR count). The summed E-state index contributed by atoms with van der Waals surface area (Å²) in [5, 5.41) is 14.9. The maximum atomic E-state index is 11.0. The highest BCUT2D eigenvalue weighted by atomic mass is 16.5. The lowest BCUT2D eigenvalue weighted by Crippen LogP contribution is -2.23. The van der Waals surface area contributed by atoms with Gasteiger partial charge >= 0.3 is 0 Å². The number of rotatable bonds is 3. The maximum Gasteiger partial charge on any atom is 0.221 e. The van der Waals surface area contributed by atoms with Gasteiger partial charge in [0.25, 0.3) is 0 Å². The molecule has 3 heterocycles. The maximum absolute atomic E-state index is 11.0. The number of nitrogen functional groups attached to an aromatic ring is 1. The predicted molar refractivity (Wildman–Crippen MR) is 91.0 cm³/mol. The van der Waals surface area contributed by atoms with Gasteiger partial charge in [0.15, 0.2) is 0 Å². The number of nitrogens with two attached hydrogens (primary N) is 1. The molecule has 0 aliphatic rings. The van der Waals surface area contributed by atoms with E-state index in [1.165, 1.54) is 0 Å². The molecule has 1 aromatic carbocycles. The average molecular weight is 336 g/mol. The van der Waals surface area contributed by atoms with Gasteiger partial charge in [0, 0.05) is 12.3 Å². The summed E-state index contributed by atoms with van der Waals surface area (Å²) >= 11 is 0. The fourth-order valence-electron chi connectivity index (χ4n) is 2.73. The van der Waals surface area contributed by atoms with Crippen molar-refractivity contribution >= 4 is 17.0 Å². The van der Waals surface area contributed by atoms with Crippen LogP contribution >= 0.6 is 0 Å². The minimum absolute atomic E-state index is 0.181. The van der Waals surface area contributed by atoms with Gasteiger partial charge in [-0.2, -0.15) is 4.98 Å². The molecule has 0 bridgehead atoms. The van der Waals surface area contributed by atoms with Crippen molar-refractivity contribution < 1.29 is 9.63 Å². The van der Waals surface area contributed by atoms with E-state index in [4.69, 9.17) is 10.3 Å². The molecule has 0 aliphatic heterocycles. The summed E-state index contributed by atoms with van der Waals surface area (Å²) in [6.07, 6.45) is 3.24. The molecular weight excluding hydrogens is 320 g/mol. The van der Waals surface area contributed by atoms with Crippen LogP contribution in [0.15, 0.2) is 47.4 Å². The number of nitrogens with zero attached hydrogens (tertiary/aromatic N) is 5. The van der Waals surface area contributed by atoms with E-state index in [1.807, 2.05) is 18.2 Å². The third-order valence-electron chi connectivity index (χ3n) is 4.14. The summed E-state index contributed by atoms with van der Waals surface area (Å²) in [6.45, 7) is 3.46. The molecule has 0 spiro atoms. The summed E-state index contributed by atoms with van der Waals surface area (Å²) < 4.78 is 6.89. The van der Waals surface area contributed by atoms with Gasteiger partial charge in [-0.1, -0.05) is 11.2 Å². The number of fused-ring (bicyclic) bond motifs is 1. The number of aliphatic hydroxyl groups is 1. The first-order chi connectivity index (χ1) is 11.9. The summed E-state index contributed by atoms with van der Waals surface area (Å²) in [7, 11) is 0. The normalized spacial score (nSPS) is 13.9. The van der Waals surface area contributed by atoms with E-state index in [0.717, 1.165) is 11.0 Å². The molecule has 4 aromatic rings. The Morgan fingerprint density at radius 1 is 1.20 bits per heavy atom. The van der Waals surface area contributed by atoms with Gasteiger partial charge < -0.3 is 15.4 Å². The molecule has 0 saturated carbocycles. The van der Waals surface area contributed by atoms with Gasteiger partial charge in [-0.15, -0.1) is 0 Å². The van der Waals surface area contributed by atoms with Crippen molar-refractivity contribution in [3.8, 4) is 5.82 Å². The van der Waals surface area contributed by atoms with E-state index in [1.54, 1.807) is 43.1 Å². The fraction of sp³-hybridized carbons (Fsp3) is 0.176. The van der Waals surface area contributed by atoms with Crippen LogP contribution in [-0.2, 0) is 5.60 Å². The monoisotopic (exact) mass is 336 g/mol. The lowest BCUT2D eigenvalue weighted by atomic mass is 9.92. The molecule has 0 amide bonds. The van der Waals surface area contributed by atoms with E-state index >= 15 is 0 Å². The number of anilines is 1. The van der Waals surface area contributed by atoms with Gasteiger partial charge in [0.2, 0.25) is 5.95 Å². The van der Waals surface area contributed by atoms with Crippen molar-refractivity contribution in [1.29, 1.82) is 0 Å². The highest BCUT2D eigenvalue weighted by Gasteiger charge is 2.30. The van der Waals surface area contributed by atoms with Crippen LogP contribution in [0.2, 0.25) is 0 Å². The van der Waals surface area contributed by atoms with Gasteiger partial charge in [0.1, 0.15) is 29.2 Å². The fourth-order valence-corrected chi connectivity index (χ4v) is 2.73. The van der Waals surface area contributed by atoms with Crippen molar-refractivity contribution in [2.24, 2.45) is 0 Å². The molecule has 1 unspecified atom stereocenters. The molecule has 3 aromatic heterocycles. The van der Waals surface area contributed by atoms with Gasteiger partial charge in [-0.3, -0.25) is 4.57 Å². The minimum Gasteiger partial charge on any atom is -0.379 e. The molecule has 126 valence electrons. The molecule has 1 atom stereocenters. The topological polar surface area (TPSA) is 116 Å². The zero-order valence-corrected chi connectivity index (χ0v) is 13.7. The minimum atomic E-state index is -1.30. The summed E-state index contributed by atoms with van der Waals surface area (Å²) in [5.74, 6) is 1.42. The standard InChI is InChI=1S/C17H16N6O2/c1-10-7-14(22-25-10)17(2,24)11-3-4-12-13(8-11)23(9-20-12)15-5-6-19-16(18)21-15/h3-9,24H,1-2H3,(H2,18,19,21). The number of imidazole rings is 1. The number of hydrogen-bond acceptors (Lipinski definition) is 7. The second kappa shape index (κ2) is 5.38. The Bertz CT molecular complexity index is 1070. The third kappa shape index (κ3) is 2.52. The number of aryl methyl sites for hydroxylation is 1. The summed E-state index contributed by atoms with van der Waals surface area (Å²) in [6, 6.07) is 8.96. The number of benzene rings is 1. The lowest BCUT2D eigenvalue weighted by Gasteiger charge is -2.21. The van der Waals surface area contributed by atoms with Crippen molar-refractivity contribution in [3.05, 3.63) is 59.9 Å². The Labute approximate surface area is 142 Å². The molecule has 8 heteroatoms. The Morgan fingerprint density at radius 3 is 2.76 bits per heavy atom. The Hall–Kier alpha value is -3.26. The van der Waals surface area contributed by atoms with E-state index in [-0.39, 0.29) is 5.95 Å². The first-order valence-corrected chi connectivity index (χ1v) is 7.68. The molecule has 0 radical (unpaired) electrons. The molecule has 3 N–H and O–H groups in total. The third-order valence-corrected chi connectivity index (χ3v) is 4.14. The van der Waals surface area contributed by atoms with Crippen LogP contribution in [0.4, 0.5) is 5.95 Å². The molecule has 25 heavy (non-hydrogen) atoms. The van der Waals surface area contributed by atoms with Crippen molar-refractivity contribution in [1.82, 2.24) is 24.7 Å². The Kier molecular flexibility index (Phi) is 3.29. The van der Waals surface area contributed by atoms with E-state index in [0.29, 0.717) is 22.8 Å². The van der Waals surface area contributed by atoms with Crippen LogP contribution in [0, 0.1) is 6.92 Å². The van der Waals surface area contributed by atoms with E-state index in [9.17, 15) is 5.11 Å². The van der Waals surface area contributed by atoms with Crippen molar-refractivity contribution in [3.63, 3.8) is 0 Å². The molecule has 0 saturated heterocycles.